The minimum atomic E-state index is 0.125. The Hall–Kier alpha value is -1.53. The molecule has 1 aromatic carbocycles. The van der Waals surface area contributed by atoms with E-state index in [1.807, 2.05) is 19.1 Å². The highest BCUT2D eigenvalue weighted by atomic mass is 16.6. The molecule has 2 heterocycles. The first-order valence-corrected chi connectivity index (χ1v) is 4.66. The number of hydrogen-bond acceptors (Lipinski definition) is 3. The SMILES string of the molecule is C[C@H]1Oc2ccc(C#N)cc2[C@H]2O[C@H]21. The fraction of sp³-hybridized carbons (Fsp3) is 0.364. The van der Waals surface area contributed by atoms with Gasteiger partial charge in [-0.05, 0) is 25.1 Å². The predicted molar refractivity (Wildman–Crippen MR) is 48.9 cm³/mol. The van der Waals surface area contributed by atoms with Crippen LogP contribution in [0.25, 0.3) is 0 Å². The Kier molecular flexibility index (Phi) is 1.39. The molecule has 0 unspecified atom stereocenters. The summed E-state index contributed by atoms with van der Waals surface area (Å²) in [6, 6.07) is 7.59. The monoisotopic (exact) mass is 187 g/mol. The number of nitrogens with zero attached hydrogens (tertiary/aromatic N) is 1. The van der Waals surface area contributed by atoms with E-state index < -0.39 is 0 Å². The van der Waals surface area contributed by atoms with Crippen molar-refractivity contribution in [1.82, 2.24) is 0 Å². The van der Waals surface area contributed by atoms with Gasteiger partial charge in [0, 0.05) is 5.56 Å². The van der Waals surface area contributed by atoms with E-state index in [0.717, 1.165) is 11.3 Å². The predicted octanol–water partition coefficient (Wildman–Crippen LogP) is 1.78. The lowest BCUT2D eigenvalue weighted by Gasteiger charge is -2.19. The van der Waals surface area contributed by atoms with Gasteiger partial charge in [-0.25, -0.2) is 0 Å². The Balaban J connectivity index is 2.09. The minimum Gasteiger partial charge on any atom is -0.487 e. The lowest BCUT2D eigenvalue weighted by molar-refractivity contribution is 0.177. The molecule has 2 aliphatic rings. The second kappa shape index (κ2) is 2.49. The van der Waals surface area contributed by atoms with E-state index in [4.69, 9.17) is 14.7 Å². The fourth-order valence-electron chi connectivity index (χ4n) is 1.95. The fourth-order valence-corrected chi connectivity index (χ4v) is 1.95. The molecule has 70 valence electrons. The van der Waals surface area contributed by atoms with Gasteiger partial charge in [0.2, 0.25) is 0 Å². The lowest BCUT2D eigenvalue weighted by atomic mass is 10.0. The number of fused-ring (bicyclic) bond motifs is 3. The molecule has 1 fully saturated rings. The molecule has 0 N–H and O–H groups in total. The maximum absolute atomic E-state index is 8.76. The summed E-state index contributed by atoms with van der Waals surface area (Å²) in [4.78, 5) is 0. The van der Waals surface area contributed by atoms with Crippen LogP contribution in [0.1, 0.15) is 24.2 Å². The zero-order chi connectivity index (χ0) is 9.71. The first kappa shape index (κ1) is 7.84. The normalized spacial score (nSPS) is 32.1. The van der Waals surface area contributed by atoms with Gasteiger partial charge in [0.15, 0.2) is 0 Å². The van der Waals surface area contributed by atoms with Crippen molar-refractivity contribution < 1.29 is 9.47 Å². The second-order valence-electron chi connectivity index (χ2n) is 3.71. The summed E-state index contributed by atoms with van der Waals surface area (Å²) >= 11 is 0. The van der Waals surface area contributed by atoms with Gasteiger partial charge in [-0.1, -0.05) is 0 Å². The third-order valence-electron chi connectivity index (χ3n) is 2.75. The summed E-state index contributed by atoms with van der Waals surface area (Å²) < 4.78 is 11.1. The number of ether oxygens (including phenoxy) is 2. The molecule has 3 heteroatoms. The average molecular weight is 187 g/mol. The lowest BCUT2D eigenvalue weighted by Crippen LogP contribution is -2.23. The van der Waals surface area contributed by atoms with Gasteiger partial charge in [-0.3, -0.25) is 0 Å². The summed E-state index contributed by atoms with van der Waals surface area (Å²) in [5.41, 5.74) is 1.68. The standard InChI is InChI=1S/C11H9NO2/c1-6-10-11(14-10)8-4-7(5-12)2-3-9(8)13-6/h2-4,6,10-11H,1H3/t6-,10+,11-/m1/s1. The van der Waals surface area contributed by atoms with E-state index in [2.05, 4.69) is 6.07 Å². The van der Waals surface area contributed by atoms with Gasteiger partial charge in [-0.15, -0.1) is 0 Å². The third kappa shape index (κ3) is 0.948. The number of benzene rings is 1. The van der Waals surface area contributed by atoms with Crippen molar-refractivity contribution in [2.45, 2.75) is 25.2 Å². The van der Waals surface area contributed by atoms with E-state index in [0.29, 0.717) is 5.56 Å². The molecule has 3 atom stereocenters. The van der Waals surface area contributed by atoms with Crippen LogP contribution in [0.5, 0.6) is 5.75 Å². The highest BCUT2D eigenvalue weighted by molar-refractivity contribution is 5.46. The average Bonchev–Trinajstić information content (AvgIpc) is 2.98. The Morgan fingerprint density at radius 2 is 2.29 bits per heavy atom. The summed E-state index contributed by atoms with van der Waals surface area (Å²) in [5.74, 6) is 0.857. The molecule has 0 radical (unpaired) electrons. The van der Waals surface area contributed by atoms with Gasteiger partial charge in [0.05, 0.1) is 11.6 Å². The van der Waals surface area contributed by atoms with E-state index in [9.17, 15) is 0 Å². The third-order valence-corrected chi connectivity index (χ3v) is 2.75. The van der Waals surface area contributed by atoms with Crippen LogP contribution in [-0.4, -0.2) is 12.2 Å². The van der Waals surface area contributed by atoms with Gasteiger partial charge < -0.3 is 9.47 Å². The Bertz CT molecular complexity index is 435. The Labute approximate surface area is 81.9 Å². The smallest absolute Gasteiger partial charge is 0.125 e. The summed E-state index contributed by atoms with van der Waals surface area (Å²) in [5, 5.41) is 8.76. The van der Waals surface area contributed by atoms with Crippen LogP contribution < -0.4 is 4.74 Å². The zero-order valence-electron chi connectivity index (χ0n) is 7.73. The van der Waals surface area contributed by atoms with Crippen molar-refractivity contribution >= 4 is 0 Å². The Morgan fingerprint density at radius 3 is 3.07 bits per heavy atom. The van der Waals surface area contributed by atoms with Crippen molar-refractivity contribution in [3.63, 3.8) is 0 Å². The number of nitriles is 1. The van der Waals surface area contributed by atoms with Crippen molar-refractivity contribution in [3.8, 4) is 11.8 Å². The first-order chi connectivity index (χ1) is 6.79. The summed E-state index contributed by atoms with van der Waals surface area (Å²) in [6.45, 7) is 2.01. The van der Waals surface area contributed by atoms with Crippen LogP contribution >= 0.6 is 0 Å². The molecular formula is C11H9NO2. The van der Waals surface area contributed by atoms with Crippen LogP contribution in [0, 0.1) is 11.3 Å². The topological polar surface area (TPSA) is 45.5 Å². The van der Waals surface area contributed by atoms with Crippen molar-refractivity contribution in [1.29, 1.82) is 5.26 Å². The summed E-state index contributed by atoms with van der Waals surface area (Å²) in [6.07, 6.45) is 0.471. The maximum Gasteiger partial charge on any atom is 0.125 e. The van der Waals surface area contributed by atoms with Gasteiger partial charge in [0.1, 0.15) is 24.1 Å². The quantitative estimate of drug-likeness (QED) is 0.581. The van der Waals surface area contributed by atoms with E-state index in [1.165, 1.54) is 0 Å². The molecular weight excluding hydrogens is 178 g/mol. The van der Waals surface area contributed by atoms with Crippen LogP contribution in [-0.2, 0) is 4.74 Å². The molecule has 14 heavy (non-hydrogen) atoms. The zero-order valence-corrected chi connectivity index (χ0v) is 7.73. The van der Waals surface area contributed by atoms with Gasteiger partial charge in [-0.2, -0.15) is 5.26 Å². The molecule has 3 nitrogen and oxygen atoms in total. The van der Waals surface area contributed by atoms with E-state index >= 15 is 0 Å². The van der Waals surface area contributed by atoms with E-state index in [-0.39, 0.29) is 18.3 Å². The minimum absolute atomic E-state index is 0.125. The van der Waals surface area contributed by atoms with Crippen LogP contribution in [0.15, 0.2) is 18.2 Å². The van der Waals surface area contributed by atoms with Crippen LogP contribution in [0.2, 0.25) is 0 Å². The van der Waals surface area contributed by atoms with Crippen LogP contribution in [0.3, 0.4) is 0 Å². The van der Waals surface area contributed by atoms with Crippen molar-refractivity contribution in [2.24, 2.45) is 0 Å². The molecule has 3 rings (SSSR count). The highest BCUT2D eigenvalue weighted by Crippen LogP contribution is 2.49. The van der Waals surface area contributed by atoms with Crippen LogP contribution in [0.4, 0.5) is 0 Å². The molecule has 1 saturated heterocycles. The summed E-state index contributed by atoms with van der Waals surface area (Å²) in [7, 11) is 0. The number of rotatable bonds is 0. The largest absolute Gasteiger partial charge is 0.487 e. The number of hydrogen-bond donors (Lipinski definition) is 0. The molecule has 0 amide bonds. The van der Waals surface area contributed by atoms with Crippen molar-refractivity contribution in [3.05, 3.63) is 29.3 Å². The molecule has 0 aromatic heterocycles. The number of epoxide rings is 1. The van der Waals surface area contributed by atoms with E-state index in [1.54, 1.807) is 6.07 Å². The molecule has 0 spiro atoms. The van der Waals surface area contributed by atoms with Crippen molar-refractivity contribution in [2.75, 3.05) is 0 Å². The van der Waals surface area contributed by atoms with Gasteiger partial charge in [0.25, 0.3) is 0 Å². The molecule has 0 bridgehead atoms. The maximum atomic E-state index is 8.76. The molecule has 0 saturated carbocycles. The highest BCUT2D eigenvalue weighted by Gasteiger charge is 2.50. The molecule has 0 aliphatic carbocycles. The first-order valence-electron chi connectivity index (χ1n) is 4.66. The van der Waals surface area contributed by atoms with Gasteiger partial charge >= 0.3 is 0 Å². The Morgan fingerprint density at radius 1 is 1.43 bits per heavy atom. The molecule has 2 aliphatic heterocycles. The second-order valence-corrected chi connectivity index (χ2v) is 3.71. The molecule has 1 aromatic rings.